The van der Waals surface area contributed by atoms with E-state index >= 15 is 0 Å². The lowest BCUT2D eigenvalue weighted by Crippen LogP contribution is -2.45. The van der Waals surface area contributed by atoms with Crippen LogP contribution in [-0.4, -0.2) is 37.4 Å². The summed E-state index contributed by atoms with van der Waals surface area (Å²) < 4.78 is 19.9. The van der Waals surface area contributed by atoms with E-state index in [9.17, 15) is 9.18 Å². The Labute approximate surface area is 174 Å². The van der Waals surface area contributed by atoms with Gasteiger partial charge in [-0.15, -0.1) is 0 Å². The average molecular weight is 414 g/mol. The maximum atomic E-state index is 14.5. The third-order valence-corrected chi connectivity index (χ3v) is 6.88. The molecule has 29 heavy (non-hydrogen) atoms. The minimum absolute atomic E-state index is 0.248. The predicted octanol–water partition coefficient (Wildman–Crippen LogP) is 3.87. The minimum Gasteiger partial charge on any atom is -0.381 e. The van der Waals surface area contributed by atoms with Crippen LogP contribution >= 0.6 is 11.8 Å². The highest BCUT2D eigenvalue weighted by atomic mass is 32.2. The van der Waals surface area contributed by atoms with Crippen LogP contribution in [0.2, 0.25) is 0 Å². The third kappa shape index (κ3) is 3.89. The van der Waals surface area contributed by atoms with Gasteiger partial charge in [-0.3, -0.25) is 9.80 Å². The summed E-state index contributed by atoms with van der Waals surface area (Å²) in [6.07, 6.45) is 3.84. The molecule has 0 saturated carbocycles. The Bertz CT molecular complexity index is 926. The number of halogens is 1. The largest absolute Gasteiger partial charge is 0.381 e. The van der Waals surface area contributed by atoms with Crippen LogP contribution in [0.15, 0.2) is 57.4 Å². The number of nitrogens with two attached hydrogens (primary N) is 1. The third-order valence-electron chi connectivity index (χ3n) is 5.84. The Kier molecular flexibility index (Phi) is 5.61. The number of carbonyl (C=O) groups is 1. The highest BCUT2D eigenvalue weighted by Crippen LogP contribution is 2.39. The van der Waals surface area contributed by atoms with Crippen molar-refractivity contribution in [2.24, 2.45) is 10.8 Å². The quantitative estimate of drug-likeness (QED) is 0.808. The zero-order valence-electron chi connectivity index (χ0n) is 16.3. The first-order chi connectivity index (χ1) is 14.0. The van der Waals surface area contributed by atoms with Crippen LogP contribution in [0, 0.1) is 5.82 Å². The topological polar surface area (TPSA) is 67.9 Å². The molecule has 1 atom stereocenters. The van der Waals surface area contributed by atoms with Crippen molar-refractivity contribution >= 4 is 23.9 Å². The van der Waals surface area contributed by atoms with Gasteiger partial charge >= 0.3 is 0 Å². The molecule has 4 rings (SSSR count). The molecular formula is C22H24FN3O2S. The molecule has 1 unspecified atom stereocenters. The number of rotatable bonds is 5. The molecule has 0 aromatic heterocycles. The Morgan fingerprint density at radius 2 is 1.97 bits per heavy atom. The fourth-order valence-corrected chi connectivity index (χ4v) is 4.90. The number of nitrogens with zero attached hydrogens (tertiary/aromatic N) is 2. The smallest absolute Gasteiger partial charge is 0.228 e. The van der Waals surface area contributed by atoms with Crippen molar-refractivity contribution in [1.82, 2.24) is 5.01 Å². The summed E-state index contributed by atoms with van der Waals surface area (Å²) in [7, 11) is 1.96. The first-order valence-corrected chi connectivity index (χ1v) is 10.5. The minimum atomic E-state index is -0.793. The number of amides is 1. The first kappa shape index (κ1) is 19.9. The van der Waals surface area contributed by atoms with Crippen molar-refractivity contribution in [3.63, 3.8) is 0 Å². The first-order valence-electron chi connectivity index (χ1n) is 9.70. The molecule has 0 bridgehead atoms. The summed E-state index contributed by atoms with van der Waals surface area (Å²) in [5.74, 6) is -0.686. The number of hydrogen-bond acceptors (Lipinski definition) is 5. The van der Waals surface area contributed by atoms with Gasteiger partial charge in [0, 0.05) is 42.7 Å². The maximum absolute atomic E-state index is 14.5. The van der Waals surface area contributed by atoms with E-state index < -0.39 is 5.41 Å². The van der Waals surface area contributed by atoms with Gasteiger partial charge in [0.1, 0.15) is 5.82 Å². The Morgan fingerprint density at radius 1 is 1.24 bits per heavy atom. The van der Waals surface area contributed by atoms with Gasteiger partial charge in [0.15, 0.2) is 0 Å². The lowest BCUT2D eigenvalue weighted by molar-refractivity contribution is -0.127. The van der Waals surface area contributed by atoms with E-state index in [1.54, 1.807) is 12.1 Å². The highest BCUT2D eigenvalue weighted by molar-refractivity contribution is 7.99. The van der Waals surface area contributed by atoms with Crippen LogP contribution in [0.5, 0.6) is 0 Å². The van der Waals surface area contributed by atoms with Crippen LogP contribution in [0.3, 0.4) is 0 Å². The lowest BCUT2D eigenvalue weighted by Gasteiger charge is -2.34. The van der Waals surface area contributed by atoms with Gasteiger partial charge in [-0.05, 0) is 48.2 Å². The molecule has 0 aliphatic carbocycles. The highest BCUT2D eigenvalue weighted by Gasteiger charge is 2.40. The van der Waals surface area contributed by atoms with Gasteiger partial charge < -0.3 is 10.5 Å². The van der Waals surface area contributed by atoms with E-state index in [4.69, 9.17) is 10.5 Å². The Hall–Kier alpha value is -2.38. The van der Waals surface area contributed by atoms with Crippen molar-refractivity contribution in [2.75, 3.05) is 20.3 Å². The second kappa shape index (κ2) is 8.16. The van der Waals surface area contributed by atoms with Crippen LogP contribution in [0.1, 0.15) is 36.4 Å². The molecule has 2 aromatic carbocycles. The van der Waals surface area contributed by atoms with E-state index in [-0.39, 0.29) is 17.8 Å². The zero-order valence-corrected chi connectivity index (χ0v) is 17.1. The molecule has 2 heterocycles. The fraction of sp³-hybridized carbons (Fsp3) is 0.364. The maximum Gasteiger partial charge on any atom is 0.228 e. The van der Waals surface area contributed by atoms with Gasteiger partial charge in [-0.1, -0.05) is 30.0 Å². The van der Waals surface area contributed by atoms with Crippen LogP contribution in [-0.2, 0) is 14.9 Å². The van der Waals surface area contributed by atoms with E-state index in [2.05, 4.69) is 17.2 Å². The SMILES string of the molecule is CN1N=CCC1c1ccc(Sc2cc(C3(C(N)=O)CCOCC3)ccc2F)cc1. The molecule has 1 saturated heterocycles. The van der Waals surface area contributed by atoms with Gasteiger partial charge in [0.05, 0.1) is 11.5 Å². The normalized spacial score (nSPS) is 20.8. The summed E-state index contributed by atoms with van der Waals surface area (Å²) in [4.78, 5) is 13.7. The standard InChI is InChI=1S/C22H24FN3O2S/c1-26-19(8-11-25-26)15-2-5-17(6-3-15)29-20-14-16(4-7-18(20)23)22(21(24)27)9-12-28-13-10-22/h2-7,11,14,19H,8-10,12-13H2,1H3,(H2,24,27). The summed E-state index contributed by atoms with van der Waals surface area (Å²) in [6.45, 7) is 0.952. The lowest BCUT2D eigenvalue weighted by atomic mass is 9.73. The van der Waals surface area contributed by atoms with Crippen LogP contribution < -0.4 is 5.73 Å². The van der Waals surface area contributed by atoms with Gasteiger partial charge in [-0.25, -0.2) is 4.39 Å². The van der Waals surface area contributed by atoms with Crippen molar-refractivity contribution in [2.45, 2.75) is 40.5 Å². The average Bonchev–Trinajstić information content (AvgIpc) is 3.16. The van der Waals surface area contributed by atoms with Gasteiger partial charge in [0.25, 0.3) is 0 Å². The molecule has 1 amide bonds. The molecule has 5 nitrogen and oxygen atoms in total. The van der Waals surface area contributed by atoms with E-state index in [0.717, 1.165) is 16.9 Å². The molecule has 2 aromatic rings. The van der Waals surface area contributed by atoms with Crippen LogP contribution in [0.4, 0.5) is 4.39 Å². The van der Waals surface area contributed by atoms with Crippen LogP contribution in [0.25, 0.3) is 0 Å². The summed E-state index contributed by atoms with van der Waals surface area (Å²) in [6, 6.07) is 13.2. The monoisotopic (exact) mass is 413 g/mol. The number of benzene rings is 2. The van der Waals surface area contributed by atoms with Gasteiger partial charge in [0.2, 0.25) is 5.91 Å². The van der Waals surface area contributed by atoms with Crippen molar-refractivity contribution < 1.29 is 13.9 Å². The number of primary amides is 1. The summed E-state index contributed by atoms with van der Waals surface area (Å²) in [5.41, 5.74) is 6.90. The molecule has 0 radical (unpaired) electrons. The van der Waals surface area contributed by atoms with E-state index in [1.165, 1.54) is 23.4 Å². The Morgan fingerprint density at radius 3 is 2.59 bits per heavy atom. The number of hydrogen-bond donors (Lipinski definition) is 1. The second-order valence-corrected chi connectivity index (χ2v) is 8.61. The van der Waals surface area contributed by atoms with Crippen molar-refractivity contribution in [1.29, 1.82) is 0 Å². The molecule has 1 fully saturated rings. The number of carbonyl (C=O) groups excluding carboxylic acids is 1. The molecule has 152 valence electrons. The molecule has 2 aliphatic heterocycles. The van der Waals surface area contributed by atoms with E-state index in [1.807, 2.05) is 30.4 Å². The Balaban J connectivity index is 1.57. The molecule has 2 N–H and O–H groups in total. The molecule has 0 spiro atoms. The predicted molar refractivity (Wildman–Crippen MR) is 112 cm³/mol. The fourth-order valence-electron chi connectivity index (χ4n) is 4.02. The van der Waals surface area contributed by atoms with Gasteiger partial charge in [-0.2, -0.15) is 5.10 Å². The van der Waals surface area contributed by atoms with E-state index in [0.29, 0.717) is 31.0 Å². The van der Waals surface area contributed by atoms with Crippen molar-refractivity contribution in [3.8, 4) is 0 Å². The van der Waals surface area contributed by atoms with Crippen molar-refractivity contribution in [3.05, 3.63) is 59.4 Å². The zero-order chi connectivity index (χ0) is 20.4. The second-order valence-electron chi connectivity index (χ2n) is 7.50. The molecule has 2 aliphatic rings. The summed E-state index contributed by atoms with van der Waals surface area (Å²) in [5, 5.41) is 6.22. The molecule has 7 heteroatoms. The molecular weight excluding hydrogens is 389 g/mol. The number of ether oxygens (including phenoxy) is 1. The summed E-state index contributed by atoms with van der Waals surface area (Å²) >= 11 is 1.35. The number of hydrazone groups is 1.